The Morgan fingerprint density at radius 3 is 2.30 bits per heavy atom. The highest BCUT2D eigenvalue weighted by Gasteiger charge is 2.20. The molecular formula is C13H9ClN2O6S. The quantitative estimate of drug-likeness (QED) is 0.626. The van der Waals surface area contributed by atoms with Gasteiger partial charge in [-0.25, -0.2) is 13.2 Å². The number of hydrogen-bond acceptors (Lipinski definition) is 5. The summed E-state index contributed by atoms with van der Waals surface area (Å²) >= 11 is 5.64. The first-order chi connectivity index (χ1) is 10.7. The number of benzene rings is 2. The van der Waals surface area contributed by atoms with Crippen LogP contribution in [-0.4, -0.2) is 24.4 Å². The maximum atomic E-state index is 12.2. The maximum Gasteiger partial charge on any atom is 0.335 e. The molecule has 0 radical (unpaired) electrons. The van der Waals surface area contributed by atoms with Crippen molar-refractivity contribution in [1.82, 2.24) is 0 Å². The number of aromatic carboxylic acids is 1. The van der Waals surface area contributed by atoms with E-state index in [1.54, 1.807) is 0 Å². The van der Waals surface area contributed by atoms with E-state index in [9.17, 15) is 23.3 Å². The Morgan fingerprint density at radius 1 is 1.17 bits per heavy atom. The lowest BCUT2D eigenvalue weighted by Crippen LogP contribution is -2.13. The smallest absolute Gasteiger partial charge is 0.335 e. The predicted octanol–water partition coefficient (Wildman–Crippen LogP) is 2.75. The molecule has 0 atom stereocenters. The molecule has 8 nitrogen and oxygen atoms in total. The highest BCUT2D eigenvalue weighted by Crippen LogP contribution is 2.28. The van der Waals surface area contributed by atoms with Crippen molar-refractivity contribution in [2.24, 2.45) is 0 Å². The third-order valence-electron chi connectivity index (χ3n) is 2.81. The number of hydrogen-bond donors (Lipinski definition) is 2. The third kappa shape index (κ3) is 3.76. The Balaban J connectivity index is 2.33. The minimum absolute atomic E-state index is 0.00456. The molecule has 0 spiro atoms. The standard InChI is InChI=1S/C13H9ClN2O6S/c14-11-6-5-10(7-12(11)16(19)20)23(21,22)15-9-3-1-8(2-4-9)13(17)18/h1-7,15H,(H,17,18). The van der Waals surface area contributed by atoms with Crippen LogP contribution >= 0.6 is 11.6 Å². The number of nitrogens with zero attached hydrogens (tertiary/aromatic N) is 1. The van der Waals surface area contributed by atoms with Gasteiger partial charge in [-0.3, -0.25) is 14.8 Å². The van der Waals surface area contributed by atoms with Crippen LogP contribution in [0, 0.1) is 10.1 Å². The Hall–Kier alpha value is -2.65. The number of carbonyl (C=O) groups is 1. The van der Waals surface area contributed by atoms with Crippen LogP contribution in [0.3, 0.4) is 0 Å². The minimum atomic E-state index is -4.08. The normalized spacial score (nSPS) is 11.0. The lowest BCUT2D eigenvalue weighted by molar-refractivity contribution is -0.384. The zero-order chi connectivity index (χ0) is 17.2. The summed E-state index contributed by atoms with van der Waals surface area (Å²) in [6.07, 6.45) is 0. The maximum absolute atomic E-state index is 12.2. The third-order valence-corrected chi connectivity index (χ3v) is 4.51. The molecule has 0 heterocycles. The van der Waals surface area contributed by atoms with E-state index in [1.165, 1.54) is 24.3 Å². The van der Waals surface area contributed by atoms with Crippen molar-refractivity contribution >= 4 is 39.0 Å². The van der Waals surface area contributed by atoms with Gasteiger partial charge in [-0.15, -0.1) is 0 Å². The fourth-order valence-corrected chi connectivity index (χ4v) is 2.96. The van der Waals surface area contributed by atoms with Crippen molar-refractivity contribution in [2.75, 3.05) is 4.72 Å². The van der Waals surface area contributed by atoms with Gasteiger partial charge in [0.1, 0.15) is 5.02 Å². The van der Waals surface area contributed by atoms with Gasteiger partial charge in [-0.05, 0) is 36.4 Å². The number of nitrogens with one attached hydrogen (secondary N) is 1. The monoisotopic (exact) mass is 356 g/mol. The van der Waals surface area contributed by atoms with Crippen molar-refractivity contribution in [3.63, 3.8) is 0 Å². The first kappa shape index (κ1) is 16.7. The Kier molecular flexibility index (Phi) is 4.52. The number of anilines is 1. The number of carboxylic acids is 1. The molecule has 120 valence electrons. The van der Waals surface area contributed by atoms with Gasteiger partial charge >= 0.3 is 5.97 Å². The number of rotatable bonds is 5. The van der Waals surface area contributed by atoms with Gasteiger partial charge in [-0.2, -0.15) is 0 Å². The lowest BCUT2D eigenvalue weighted by Gasteiger charge is -2.08. The lowest BCUT2D eigenvalue weighted by atomic mass is 10.2. The second-order valence-corrected chi connectivity index (χ2v) is 6.45. The van der Waals surface area contributed by atoms with E-state index >= 15 is 0 Å². The topological polar surface area (TPSA) is 127 Å². The average molecular weight is 357 g/mol. The van der Waals surface area contributed by atoms with Crippen LogP contribution in [0.2, 0.25) is 5.02 Å². The molecule has 0 aromatic heterocycles. The summed E-state index contributed by atoms with van der Waals surface area (Å²) in [5.74, 6) is -1.15. The molecule has 0 saturated heterocycles. The molecule has 0 aliphatic carbocycles. The van der Waals surface area contributed by atoms with Crippen LogP contribution in [0.5, 0.6) is 0 Å². The van der Waals surface area contributed by atoms with E-state index in [1.807, 2.05) is 0 Å². The molecule has 23 heavy (non-hydrogen) atoms. The molecule has 10 heteroatoms. The van der Waals surface area contributed by atoms with Crippen LogP contribution in [0.4, 0.5) is 11.4 Å². The molecule has 2 aromatic carbocycles. The van der Waals surface area contributed by atoms with Crippen LogP contribution in [-0.2, 0) is 10.0 Å². The van der Waals surface area contributed by atoms with Gasteiger partial charge in [-0.1, -0.05) is 11.6 Å². The SMILES string of the molecule is O=C(O)c1ccc(NS(=O)(=O)c2ccc(Cl)c([N+](=O)[O-])c2)cc1. The van der Waals surface area contributed by atoms with Crippen LogP contribution in [0.1, 0.15) is 10.4 Å². The van der Waals surface area contributed by atoms with Crippen molar-refractivity contribution in [2.45, 2.75) is 4.90 Å². The van der Waals surface area contributed by atoms with Crippen LogP contribution in [0.25, 0.3) is 0 Å². The van der Waals surface area contributed by atoms with Gasteiger partial charge < -0.3 is 5.11 Å². The summed E-state index contributed by atoms with van der Waals surface area (Å²) in [4.78, 5) is 20.4. The first-order valence-corrected chi connectivity index (χ1v) is 7.87. The summed E-state index contributed by atoms with van der Waals surface area (Å²) in [5.41, 5.74) is -0.418. The van der Waals surface area contributed by atoms with E-state index in [0.29, 0.717) is 0 Å². The number of nitro groups is 1. The van der Waals surface area contributed by atoms with E-state index in [4.69, 9.17) is 16.7 Å². The fourth-order valence-electron chi connectivity index (χ4n) is 1.69. The van der Waals surface area contributed by atoms with E-state index < -0.39 is 26.6 Å². The van der Waals surface area contributed by atoms with E-state index in [-0.39, 0.29) is 21.2 Å². The minimum Gasteiger partial charge on any atom is -0.478 e. The van der Waals surface area contributed by atoms with Gasteiger partial charge in [0.25, 0.3) is 15.7 Å². The van der Waals surface area contributed by atoms with Gasteiger partial charge in [0.2, 0.25) is 0 Å². The zero-order valence-electron chi connectivity index (χ0n) is 11.3. The molecule has 0 unspecified atom stereocenters. The largest absolute Gasteiger partial charge is 0.478 e. The first-order valence-electron chi connectivity index (χ1n) is 6.01. The number of nitro benzene ring substituents is 1. The van der Waals surface area contributed by atoms with Crippen molar-refractivity contribution in [1.29, 1.82) is 0 Å². The second kappa shape index (κ2) is 6.23. The fraction of sp³-hybridized carbons (Fsp3) is 0. The predicted molar refractivity (Wildman–Crippen MR) is 82.3 cm³/mol. The molecule has 0 fully saturated rings. The molecular weight excluding hydrogens is 348 g/mol. The molecule has 0 bridgehead atoms. The van der Waals surface area contributed by atoms with Gasteiger partial charge in [0.05, 0.1) is 15.4 Å². The Morgan fingerprint density at radius 2 is 1.78 bits per heavy atom. The summed E-state index contributed by atoms with van der Waals surface area (Å²) in [5, 5.41) is 19.4. The summed E-state index contributed by atoms with van der Waals surface area (Å²) < 4.78 is 26.6. The molecule has 2 rings (SSSR count). The van der Waals surface area contributed by atoms with E-state index in [0.717, 1.165) is 18.2 Å². The summed E-state index contributed by atoms with van der Waals surface area (Å²) in [7, 11) is -4.08. The van der Waals surface area contributed by atoms with Crippen molar-refractivity contribution < 1.29 is 23.2 Å². The molecule has 0 aliphatic rings. The number of sulfonamides is 1. The van der Waals surface area contributed by atoms with Crippen molar-refractivity contribution in [3.05, 3.63) is 63.2 Å². The number of halogens is 1. The highest BCUT2D eigenvalue weighted by molar-refractivity contribution is 7.92. The molecule has 2 N–H and O–H groups in total. The van der Waals surface area contributed by atoms with Gasteiger partial charge in [0, 0.05) is 11.8 Å². The van der Waals surface area contributed by atoms with Crippen LogP contribution < -0.4 is 4.72 Å². The van der Waals surface area contributed by atoms with Gasteiger partial charge in [0.15, 0.2) is 0 Å². The van der Waals surface area contributed by atoms with Crippen molar-refractivity contribution in [3.8, 4) is 0 Å². The summed E-state index contributed by atoms with van der Waals surface area (Å²) in [6, 6.07) is 8.08. The molecule has 2 aromatic rings. The molecule has 0 saturated carbocycles. The molecule has 0 aliphatic heterocycles. The second-order valence-electron chi connectivity index (χ2n) is 4.36. The Labute approximate surface area is 135 Å². The Bertz CT molecular complexity index is 880. The van der Waals surface area contributed by atoms with E-state index in [2.05, 4.69) is 4.72 Å². The number of carboxylic acid groups (broad SMARTS) is 1. The highest BCUT2D eigenvalue weighted by atomic mass is 35.5. The average Bonchev–Trinajstić information content (AvgIpc) is 2.47. The zero-order valence-corrected chi connectivity index (χ0v) is 12.8. The van der Waals surface area contributed by atoms with Crippen LogP contribution in [0.15, 0.2) is 47.4 Å². The molecule has 0 amide bonds. The summed E-state index contributed by atoms with van der Waals surface area (Å²) in [6.45, 7) is 0.